The molecule has 0 saturated heterocycles. The third-order valence-electron chi connectivity index (χ3n) is 5.01. The van der Waals surface area contributed by atoms with Crippen LogP contribution in [0.4, 0.5) is 5.69 Å². The molecule has 0 aliphatic heterocycles. The predicted octanol–water partition coefficient (Wildman–Crippen LogP) is 5.68. The number of carbonyl (C=O) groups excluding carboxylic acids is 3. The SMILES string of the molecule is O=C(Nc1ccccc1C(=O)N/N=C\c1cc(Br)ccc1OC(=O)c1ccccc1)c1ccccc1. The van der Waals surface area contributed by atoms with Crippen LogP contribution in [0.3, 0.4) is 0 Å². The zero-order chi connectivity index (χ0) is 25.3. The van der Waals surface area contributed by atoms with E-state index < -0.39 is 11.9 Å². The van der Waals surface area contributed by atoms with Gasteiger partial charge in [-0.05, 0) is 54.6 Å². The Kier molecular flexibility index (Phi) is 8.00. The standard InChI is InChI=1S/C28H20BrN3O4/c29-22-15-16-25(36-28(35)20-11-5-2-6-12-20)21(17-22)18-30-32-27(34)23-13-7-8-14-24(23)31-26(33)19-9-3-1-4-10-19/h1-18H,(H,31,33)(H,32,34)/b30-18-. The van der Waals surface area contributed by atoms with Crippen molar-refractivity contribution in [1.29, 1.82) is 0 Å². The third kappa shape index (κ3) is 6.31. The number of benzene rings is 4. The average Bonchev–Trinajstić information content (AvgIpc) is 2.91. The first-order chi connectivity index (χ1) is 17.5. The van der Waals surface area contributed by atoms with Crippen molar-refractivity contribution in [3.8, 4) is 5.75 Å². The van der Waals surface area contributed by atoms with E-state index in [1.165, 1.54) is 6.21 Å². The predicted molar refractivity (Wildman–Crippen MR) is 141 cm³/mol. The van der Waals surface area contributed by atoms with E-state index in [-0.39, 0.29) is 17.2 Å². The fourth-order valence-electron chi connectivity index (χ4n) is 3.24. The van der Waals surface area contributed by atoms with Crippen LogP contribution in [-0.2, 0) is 0 Å². The number of hydrogen-bond donors (Lipinski definition) is 2. The summed E-state index contributed by atoms with van der Waals surface area (Å²) in [5.74, 6) is -1.09. The van der Waals surface area contributed by atoms with E-state index in [1.807, 2.05) is 12.1 Å². The Morgan fingerprint density at radius 2 is 1.39 bits per heavy atom. The van der Waals surface area contributed by atoms with Gasteiger partial charge in [-0.15, -0.1) is 0 Å². The lowest BCUT2D eigenvalue weighted by molar-refractivity contribution is 0.0733. The van der Waals surface area contributed by atoms with Gasteiger partial charge in [-0.3, -0.25) is 9.59 Å². The Bertz CT molecular complexity index is 1420. The number of para-hydroxylation sites is 1. The monoisotopic (exact) mass is 541 g/mol. The van der Waals surface area contributed by atoms with Crippen molar-refractivity contribution in [2.24, 2.45) is 5.10 Å². The van der Waals surface area contributed by atoms with Crippen LogP contribution in [-0.4, -0.2) is 24.0 Å². The Hall–Kier alpha value is -4.56. The Labute approximate surface area is 215 Å². The average molecular weight is 542 g/mol. The number of rotatable bonds is 7. The Balaban J connectivity index is 1.47. The molecule has 0 atom stereocenters. The lowest BCUT2D eigenvalue weighted by Crippen LogP contribution is -2.21. The van der Waals surface area contributed by atoms with Crippen LogP contribution < -0.4 is 15.5 Å². The molecule has 0 bridgehead atoms. The molecule has 0 radical (unpaired) electrons. The number of esters is 1. The molecule has 0 unspecified atom stereocenters. The summed E-state index contributed by atoms with van der Waals surface area (Å²) in [6.45, 7) is 0. The first-order valence-electron chi connectivity index (χ1n) is 10.9. The molecule has 8 heteroatoms. The number of nitrogens with zero attached hydrogens (tertiary/aromatic N) is 1. The molecule has 0 fully saturated rings. The minimum absolute atomic E-state index is 0.240. The summed E-state index contributed by atoms with van der Waals surface area (Å²) < 4.78 is 6.26. The molecule has 4 rings (SSSR count). The number of anilines is 1. The fraction of sp³-hybridized carbons (Fsp3) is 0. The van der Waals surface area contributed by atoms with Gasteiger partial charge in [-0.25, -0.2) is 10.2 Å². The molecule has 178 valence electrons. The van der Waals surface area contributed by atoms with Crippen molar-refractivity contribution in [1.82, 2.24) is 5.43 Å². The minimum Gasteiger partial charge on any atom is -0.422 e. The molecule has 0 aliphatic rings. The molecule has 0 spiro atoms. The summed E-state index contributed by atoms with van der Waals surface area (Å²) in [5.41, 5.74) is 4.39. The Morgan fingerprint density at radius 1 is 0.750 bits per heavy atom. The summed E-state index contributed by atoms with van der Waals surface area (Å²) in [6, 6.07) is 29.0. The lowest BCUT2D eigenvalue weighted by Gasteiger charge is -2.10. The summed E-state index contributed by atoms with van der Waals surface area (Å²) in [5, 5.41) is 6.78. The molecule has 2 amide bonds. The van der Waals surface area contributed by atoms with Gasteiger partial charge in [0.25, 0.3) is 11.8 Å². The van der Waals surface area contributed by atoms with Crippen LogP contribution in [0, 0.1) is 0 Å². The molecule has 4 aromatic carbocycles. The van der Waals surface area contributed by atoms with Gasteiger partial charge in [0.05, 0.1) is 23.0 Å². The maximum atomic E-state index is 12.8. The van der Waals surface area contributed by atoms with E-state index in [4.69, 9.17) is 4.74 Å². The van der Waals surface area contributed by atoms with E-state index in [9.17, 15) is 14.4 Å². The van der Waals surface area contributed by atoms with Crippen LogP contribution in [0.25, 0.3) is 0 Å². The molecule has 36 heavy (non-hydrogen) atoms. The number of amides is 2. The lowest BCUT2D eigenvalue weighted by atomic mass is 10.1. The molecule has 0 aliphatic carbocycles. The van der Waals surface area contributed by atoms with Crippen LogP contribution in [0.5, 0.6) is 5.75 Å². The van der Waals surface area contributed by atoms with E-state index in [0.29, 0.717) is 22.4 Å². The van der Waals surface area contributed by atoms with Gasteiger partial charge in [-0.2, -0.15) is 5.10 Å². The van der Waals surface area contributed by atoms with Crippen LogP contribution in [0.15, 0.2) is 113 Å². The van der Waals surface area contributed by atoms with Crippen LogP contribution >= 0.6 is 15.9 Å². The van der Waals surface area contributed by atoms with E-state index in [1.54, 1.807) is 91.0 Å². The molecular formula is C28H20BrN3O4. The van der Waals surface area contributed by atoms with Crippen molar-refractivity contribution < 1.29 is 19.1 Å². The molecular weight excluding hydrogens is 522 g/mol. The molecule has 0 aromatic heterocycles. The van der Waals surface area contributed by atoms with Crippen molar-refractivity contribution in [2.75, 3.05) is 5.32 Å². The highest BCUT2D eigenvalue weighted by atomic mass is 79.9. The zero-order valence-corrected chi connectivity index (χ0v) is 20.4. The highest BCUT2D eigenvalue weighted by Crippen LogP contribution is 2.23. The first kappa shape index (κ1) is 24.6. The highest BCUT2D eigenvalue weighted by molar-refractivity contribution is 9.10. The maximum Gasteiger partial charge on any atom is 0.343 e. The van der Waals surface area contributed by atoms with Gasteiger partial charge in [-0.1, -0.05) is 64.5 Å². The van der Waals surface area contributed by atoms with Gasteiger partial charge >= 0.3 is 5.97 Å². The van der Waals surface area contributed by atoms with Crippen LogP contribution in [0.2, 0.25) is 0 Å². The van der Waals surface area contributed by atoms with Crippen molar-refractivity contribution in [3.63, 3.8) is 0 Å². The van der Waals surface area contributed by atoms with Gasteiger partial charge in [0.2, 0.25) is 0 Å². The van der Waals surface area contributed by atoms with Gasteiger partial charge < -0.3 is 10.1 Å². The first-order valence-corrected chi connectivity index (χ1v) is 11.7. The summed E-state index contributed by atoms with van der Waals surface area (Å²) in [4.78, 5) is 37.8. The van der Waals surface area contributed by atoms with Gasteiger partial charge in [0.1, 0.15) is 5.75 Å². The molecule has 0 heterocycles. The largest absolute Gasteiger partial charge is 0.422 e. The Morgan fingerprint density at radius 3 is 2.11 bits per heavy atom. The second-order valence-electron chi connectivity index (χ2n) is 7.50. The van der Waals surface area contributed by atoms with Gasteiger partial charge in [0.15, 0.2) is 0 Å². The number of hydrazone groups is 1. The van der Waals surface area contributed by atoms with Crippen molar-refractivity contribution in [3.05, 3.63) is 130 Å². The van der Waals surface area contributed by atoms with Crippen molar-refractivity contribution in [2.45, 2.75) is 0 Å². The van der Waals surface area contributed by atoms with E-state index >= 15 is 0 Å². The number of halogens is 1. The second kappa shape index (κ2) is 11.7. The normalized spacial score (nSPS) is 10.6. The molecule has 4 aromatic rings. The summed E-state index contributed by atoms with van der Waals surface area (Å²) >= 11 is 3.39. The maximum absolute atomic E-state index is 12.8. The van der Waals surface area contributed by atoms with Crippen LogP contribution in [0.1, 0.15) is 36.6 Å². The topological polar surface area (TPSA) is 96.9 Å². The smallest absolute Gasteiger partial charge is 0.343 e. The summed E-state index contributed by atoms with van der Waals surface area (Å²) in [6.07, 6.45) is 1.38. The minimum atomic E-state index is -0.520. The number of carbonyl (C=O) groups is 3. The van der Waals surface area contributed by atoms with Gasteiger partial charge in [0, 0.05) is 15.6 Å². The third-order valence-corrected chi connectivity index (χ3v) is 5.50. The molecule has 2 N–H and O–H groups in total. The zero-order valence-electron chi connectivity index (χ0n) is 18.9. The molecule has 0 saturated carbocycles. The second-order valence-corrected chi connectivity index (χ2v) is 8.42. The fourth-order valence-corrected chi connectivity index (χ4v) is 3.62. The number of nitrogens with one attached hydrogen (secondary N) is 2. The number of ether oxygens (including phenoxy) is 1. The quantitative estimate of drug-likeness (QED) is 0.136. The molecule has 7 nitrogen and oxygen atoms in total. The van der Waals surface area contributed by atoms with Crippen molar-refractivity contribution >= 4 is 45.6 Å². The van der Waals surface area contributed by atoms with E-state index in [2.05, 4.69) is 31.8 Å². The summed E-state index contributed by atoms with van der Waals surface area (Å²) in [7, 11) is 0. The highest BCUT2D eigenvalue weighted by Gasteiger charge is 2.14. The van der Waals surface area contributed by atoms with E-state index in [0.717, 1.165) is 4.47 Å². The number of hydrogen-bond acceptors (Lipinski definition) is 5.